The summed E-state index contributed by atoms with van der Waals surface area (Å²) in [5.74, 6) is 0. The minimum atomic E-state index is 0. The first-order valence-electron chi connectivity index (χ1n) is 2.34. The quantitative estimate of drug-likeness (QED) is 0.438. The molecule has 0 heterocycles. The highest BCUT2D eigenvalue weighted by Gasteiger charge is 1.78. The number of rotatable bonds is 4. The van der Waals surface area contributed by atoms with E-state index < -0.39 is 0 Å². The van der Waals surface area contributed by atoms with Crippen LogP contribution in [0.25, 0.3) is 0 Å². The third-order valence-electron chi connectivity index (χ3n) is 0.577. The summed E-state index contributed by atoms with van der Waals surface area (Å²) >= 11 is 0. The Morgan fingerprint density at radius 3 is 1.44 bits per heavy atom. The molecule has 0 aliphatic carbocycles. The molecule has 0 aromatic rings. The molecule has 0 aromatic heterocycles. The van der Waals surface area contributed by atoms with E-state index in [2.05, 4.69) is 5.32 Å². The van der Waals surface area contributed by atoms with Gasteiger partial charge in [-0.3, -0.25) is 9.41 Å². The molecule has 60 valence electrons. The molecule has 0 saturated carbocycles. The SMILES string of the molecule is F.F.OCCNCCO. The lowest BCUT2D eigenvalue weighted by Gasteiger charge is -1.94. The van der Waals surface area contributed by atoms with Crippen molar-refractivity contribution in [1.29, 1.82) is 0 Å². The molecule has 0 fully saturated rings. The van der Waals surface area contributed by atoms with Crippen LogP contribution in [-0.4, -0.2) is 36.5 Å². The van der Waals surface area contributed by atoms with E-state index in [0.29, 0.717) is 13.1 Å². The summed E-state index contributed by atoms with van der Waals surface area (Å²) in [7, 11) is 0. The van der Waals surface area contributed by atoms with Crippen molar-refractivity contribution in [3.8, 4) is 0 Å². The van der Waals surface area contributed by atoms with E-state index in [9.17, 15) is 0 Å². The van der Waals surface area contributed by atoms with Gasteiger partial charge in [0.2, 0.25) is 0 Å². The monoisotopic (exact) mass is 145 g/mol. The molecule has 0 atom stereocenters. The third kappa shape index (κ3) is 18.2. The van der Waals surface area contributed by atoms with Crippen LogP contribution in [0, 0.1) is 0 Å². The Hall–Kier alpha value is -0.260. The average Bonchev–Trinajstić information content (AvgIpc) is 1.69. The summed E-state index contributed by atoms with van der Waals surface area (Å²) in [5.41, 5.74) is 0. The van der Waals surface area contributed by atoms with Crippen LogP contribution in [0.1, 0.15) is 0 Å². The fraction of sp³-hybridized carbons (Fsp3) is 1.00. The zero-order chi connectivity index (χ0) is 5.54. The number of aliphatic hydroxyl groups is 2. The average molecular weight is 145 g/mol. The van der Waals surface area contributed by atoms with Crippen molar-refractivity contribution in [2.24, 2.45) is 0 Å². The van der Waals surface area contributed by atoms with Gasteiger partial charge in [0.25, 0.3) is 0 Å². The standard InChI is InChI=1S/C4H11NO2.2FH/c6-3-1-5-2-4-7;;/h5-7H,1-4H2;2*1H. The van der Waals surface area contributed by atoms with E-state index in [1.807, 2.05) is 0 Å². The van der Waals surface area contributed by atoms with E-state index >= 15 is 0 Å². The van der Waals surface area contributed by atoms with Crippen molar-refractivity contribution in [3.05, 3.63) is 0 Å². The van der Waals surface area contributed by atoms with E-state index in [-0.39, 0.29) is 22.6 Å². The van der Waals surface area contributed by atoms with Gasteiger partial charge < -0.3 is 15.5 Å². The van der Waals surface area contributed by atoms with Gasteiger partial charge in [-0.15, -0.1) is 0 Å². The zero-order valence-electron chi connectivity index (χ0n) is 5.04. The number of hydrogen-bond acceptors (Lipinski definition) is 3. The van der Waals surface area contributed by atoms with Crippen molar-refractivity contribution in [2.45, 2.75) is 0 Å². The van der Waals surface area contributed by atoms with Crippen LogP contribution in [-0.2, 0) is 0 Å². The zero-order valence-corrected chi connectivity index (χ0v) is 5.04. The van der Waals surface area contributed by atoms with Gasteiger partial charge in [0.15, 0.2) is 0 Å². The van der Waals surface area contributed by atoms with Gasteiger partial charge in [0.1, 0.15) is 0 Å². The van der Waals surface area contributed by atoms with Gasteiger partial charge in [-0.05, 0) is 0 Å². The van der Waals surface area contributed by atoms with E-state index in [1.165, 1.54) is 0 Å². The fourth-order valence-corrected chi connectivity index (χ4v) is 0.283. The summed E-state index contributed by atoms with van der Waals surface area (Å²) in [5, 5.41) is 19.1. The Morgan fingerprint density at radius 1 is 0.889 bits per heavy atom. The smallest absolute Gasteiger partial charge is 0.0555 e. The molecular weight excluding hydrogens is 132 g/mol. The molecular formula is C4H13F2NO2. The second kappa shape index (κ2) is 15.6. The normalized spacial score (nSPS) is 7.33. The number of aliphatic hydroxyl groups excluding tert-OH is 2. The van der Waals surface area contributed by atoms with Gasteiger partial charge in [-0.25, -0.2) is 0 Å². The molecule has 0 bridgehead atoms. The molecule has 0 unspecified atom stereocenters. The maximum atomic E-state index is 8.15. The van der Waals surface area contributed by atoms with Crippen molar-refractivity contribution in [1.82, 2.24) is 5.32 Å². The summed E-state index contributed by atoms with van der Waals surface area (Å²) < 4.78 is 0. The highest BCUT2D eigenvalue weighted by Crippen LogP contribution is 1.54. The first-order chi connectivity index (χ1) is 3.41. The van der Waals surface area contributed by atoms with Gasteiger partial charge in [-0.1, -0.05) is 0 Å². The highest BCUT2D eigenvalue weighted by atomic mass is 19.0. The van der Waals surface area contributed by atoms with Crippen LogP contribution < -0.4 is 5.32 Å². The van der Waals surface area contributed by atoms with Crippen LogP contribution in [0.4, 0.5) is 9.41 Å². The molecule has 0 aliphatic rings. The van der Waals surface area contributed by atoms with E-state index in [1.54, 1.807) is 0 Å². The molecule has 0 radical (unpaired) electrons. The molecule has 0 aromatic carbocycles. The largest absolute Gasteiger partial charge is 0.395 e. The van der Waals surface area contributed by atoms with E-state index in [0.717, 1.165) is 0 Å². The lowest BCUT2D eigenvalue weighted by atomic mass is 10.6. The molecule has 3 N–H and O–H groups in total. The van der Waals surface area contributed by atoms with Crippen LogP contribution >= 0.6 is 0 Å². The van der Waals surface area contributed by atoms with Gasteiger partial charge in [-0.2, -0.15) is 0 Å². The summed E-state index contributed by atoms with van der Waals surface area (Å²) in [6.07, 6.45) is 0. The van der Waals surface area contributed by atoms with Gasteiger partial charge in [0, 0.05) is 13.1 Å². The highest BCUT2D eigenvalue weighted by molar-refractivity contribution is 4.39. The summed E-state index contributed by atoms with van der Waals surface area (Å²) in [6.45, 7) is 1.42. The van der Waals surface area contributed by atoms with Crippen molar-refractivity contribution in [3.63, 3.8) is 0 Å². The first-order valence-corrected chi connectivity index (χ1v) is 2.34. The maximum absolute atomic E-state index is 8.15. The Kier molecular flexibility index (Phi) is 27.6. The minimum Gasteiger partial charge on any atom is -0.395 e. The maximum Gasteiger partial charge on any atom is 0.0555 e. The summed E-state index contributed by atoms with van der Waals surface area (Å²) in [6, 6.07) is 0. The predicted molar refractivity (Wildman–Crippen MR) is 32.0 cm³/mol. The van der Waals surface area contributed by atoms with Crippen molar-refractivity contribution >= 4 is 0 Å². The summed E-state index contributed by atoms with van der Waals surface area (Å²) in [4.78, 5) is 0. The van der Waals surface area contributed by atoms with Gasteiger partial charge in [0.05, 0.1) is 13.2 Å². The van der Waals surface area contributed by atoms with E-state index in [4.69, 9.17) is 10.2 Å². The number of nitrogens with one attached hydrogen (secondary N) is 1. The van der Waals surface area contributed by atoms with Crippen molar-refractivity contribution < 1.29 is 19.6 Å². The Morgan fingerprint density at radius 2 is 1.22 bits per heavy atom. The molecule has 9 heavy (non-hydrogen) atoms. The molecule has 0 saturated heterocycles. The second-order valence-corrected chi connectivity index (χ2v) is 1.20. The Bertz CT molecular complexity index is 35.7. The molecule has 0 amide bonds. The van der Waals surface area contributed by atoms with Crippen LogP contribution in [0.2, 0.25) is 0 Å². The predicted octanol–water partition coefficient (Wildman–Crippen LogP) is -1.13. The Labute approximate surface area is 52.4 Å². The molecule has 5 heteroatoms. The number of hydrogen-bond donors (Lipinski definition) is 3. The fourth-order valence-electron chi connectivity index (χ4n) is 0.283. The molecule has 3 nitrogen and oxygen atoms in total. The lowest BCUT2D eigenvalue weighted by molar-refractivity contribution is 0.267. The minimum absolute atomic E-state index is 0. The third-order valence-corrected chi connectivity index (χ3v) is 0.577. The topological polar surface area (TPSA) is 52.5 Å². The molecule has 0 aliphatic heterocycles. The number of halogens is 2. The second-order valence-electron chi connectivity index (χ2n) is 1.20. The van der Waals surface area contributed by atoms with Crippen molar-refractivity contribution in [2.75, 3.05) is 26.3 Å². The van der Waals surface area contributed by atoms with Gasteiger partial charge >= 0.3 is 0 Å². The van der Waals surface area contributed by atoms with Crippen LogP contribution in [0.15, 0.2) is 0 Å². The molecule has 0 spiro atoms. The van der Waals surface area contributed by atoms with Crippen LogP contribution in [0.3, 0.4) is 0 Å². The first kappa shape index (κ1) is 15.9. The molecule has 0 rings (SSSR count). The van der Waals surface area contributed by atoms with Crippen LogP contribution in [0.5, 0.6) is 0 Å². The Balaban J connectivity index is -0.000000180. The lowest BCUT2D eigenvalue weighted by Crippen LogP contribution is -2.21.